The summed E-state index contributed by atoms with van der Waals surface area (Å²) >= 11 is 0. The van der Waals surface area contributed by atoms with Crippen molar-refractivity contribution in [2.45, 2.75) is 6.92 Å². The predicted molar refractivity (Wildman–Crippen MR) is 129 cm³/mol. The van der Waals surface area contributed by atoms with Crippen LogP contribution in [0.25, 0.3) is 17.2 Å². The van der Waals surface area contributed by atoms with Crippen molar-refractivity contribution in [3.8, 4) is 11.1 Å². The summed E-state index contributed by atoms with van der Waals surface area (Å²) in [6.45, 7) is 0.803. The number of hydrogen-bond acceptors (Lipinski definition) is 5. The number of aryl methyl sites for hydroxylation is 1. The van der Waals surface area contributed by atoms with Gasteiger partial charge in [0.15, 0.2) is 6.61 Å². The molecule has 1 amide bonds. The molecule has 0 aliphatic rings. The Balaban J connectivity index is 1.48. The van der Waals surface area contributed by atoms with Crippen molar-refractivity contribution in [2.24, 2.45) is 0 Å². The molecule has 0 heterocycles. The van der Waals surface area contributed by atoms with Crippen LogP contribution in [0.3, 0.4) is 0 Å². The van der Waals surface area contributed by atoms with Crippen LogP contribution in [0.1, 0.15) is 11.1 Å². The molecule has 0 aromatic heterocycles. The van der Waals surface area contributed by atoms with E-state index in [-0.39, 0.29) is 0 Å². The highest BCUT2D eigenvalue weighted by Gasteiger charge is 2.13. The summed E-state index contributed by atoms with van der Waals surface area (Å²) in [6, 6.07) is 24.1. The molecule has 170 valence electrons. The number of anilines is 1. The number of hydrogen-bond donors (Lipinski definition) is 2. The summed E-state index contributed by atoms with van der Waals surface area (Å²) in [4.78, 5) is 24.1. The smallest absolute Gasteiger partial charge is 0.321 e. The van der Waals surface area contributed by atoms with E-state index < -0.39 is 35.1 Å². The molecule has 2 N–H and O–H groups in total. The van der Waals surface area contributed by atoms with Gasteiger partial charge in [-0.15, -0.1) is 0 Å². The molecule has 3 rings (SSSR count). The van der Waals surface area contributed by atoms with Gasteiger partial charge in [0, 0.05) is 16.7 Å². The molecule has 0 aliphatic carbocycles. The number of carbonyl (C=O) groups excluding carboxylic acids is 2. The molecule has 0 unspecified atom stereocenters. The van der Waals surface area contributed by atoms with Gasteiger partial charge in [-0.2, -0.15) is 0 Å². The number of carbonyl (C=O) groups is 2. The van der Waals surface area contributed by atoms with Crippen LogP contribution in [0, 0.1) is 6.92 Å². The predicted octanol–water partition coefficient (Wildman–Crippen LogP) is 3.73. The van der Waals surface area contributed by atoms with Crippen LogP contribution >= 0.6 is 0 Å². The topological polar surface area (TPSA) is 102 Å². The third-order valence-corrected chi connectivity index (χ3v) is 5.63. The summed E-state index contributed by atoms with van der Waals surface area (Å²) in [5.74, 6) is -1.40. The number of sulfonamides is 1. The lowest BCUT2D eigenvalue weighted by Crippen LogP contribution is -2.31. The van der Waals surface area contributed by atoms with E-state index in [9.17, 15) is 18.0 Å². The number of para-hydroxylation sites is 1. The summed E-state index contributed by atoms with van der Waals surface area (Å²) in [6.07, 6.45) is 1.42. The van der Waals surface area contributed by atoms with E-state index >= 15 is 0 Å². The fourth-order valence-electron chi connectivity index (χ4n) is 2.90. The van der Waals surface area contributed by atoms with E-state index in [0.717, 1.165) is 22.1 Å². The molecule has 3 aromatic rings. The maximum atomic E-state index is 12.2. The summed E-state index contributed by atoms with van der Waals surface area (Å²) < 4.78 is 31.1. The highest BCUT2D eigenvalue weighted by Crippen LogP contribution is 2.27. The number of esters is 1. The first-order chi connectivity index (χ1) is 15.8. The quantitative estimate of drug-likeness (QED) is 0.470. The average molecular weight is 465 g/mol. The maximum Gasteiger partial charge on any atom is 0.321 e. The van der Waals surface area contributed by atoms with Crippen molar-refractivity contribution >= 4 is 33.7 Å². The average Bonchev–Trinajstić information content (AvgIpc) is 2.82. The van der Waals surface area contributed by atoms with Gasteiger partial charge in [-0.3, -0.25) is 9.59 Å². The van der Waals surface area contributed by atoms with Crippen molar-refractivity contribution in [1.82, 2.24) is 4.72 Å². The second kappa shape index (κ2) is 11.2. The second-order valence-electron chi connectivity index (χ2n) is 7.20. The Bertz CT molecular complexity index is 1240. The molecule has 3 aromatic carbocycles. The Morgan fingerprint density at radius 1 is 0.909 bits per heavy atom. The molecule has 33 heavy (non-hydrogen) atoms. The number of amides is 1. The van der Waals surface area contributed by atoms with Gasteiger partial charge in [-0.05, 0) is 30.2 Å². The minimum absolute atomic E-state index is 0.533. The first-order valence-electron chi connectivity index (χ1n) is 10.2. The Morgan fingerprint density at radius 3 is 2.30 bits per heavy atom. The van der Waals surface area contributed by atoms with Gasteiger partial charge in [0.05, 0.1) is 0 Å². The molecule has 0 spiro atoms. The lowest BCUT2D eigenvalue weighted by molar-refractivity contribution is -0.146. The van der Waals surface area contributed by atoms with Crippen LogP contribution < -0.4 is 10.0 Å². The molecule has 0 atom stereocenters. The van der Waals surface area contributed by atoms with Gasteiger partial charge < -0.3 is 10.1 Å². The maximum absolute atomic E-state index is 12.2. The molecule has 0 radical (unpaired) electrons. The van der Waals surface area contributed by atoms with Gasteiger partial charge in [-0.1, -0.05) is 78.4 Å². The van der Waals surface area contributed by atoms with Crippen LogP contribution in [0.5, 0.6) is 0 Å². The third-order valence-electron chi connectivity index (χ3n) is 4.58. The van der Waals surface area contributed by atoms with E-state index in [2.05, 4.69) is 10.0 Å². The fraction of sp³-hybridized carbons (Fsp3) is 0.120. The molecular weight excluding hydrogens is 440 g/mol. The van der Waals surface area contributed by atoms with Crippen molar-refractivity contribution in [3.63, 3.8) is 0 Å². The number of ether oxygens (including phenoxy) is 1. The SMILES string of the molecule is Cc1ccc(C=CS(=O)(=O)NCC(=O)OCC(=O)Nc2ccccc2-c2ccccc2)cc1. The monoisotopic (exact) mass is 464 g/mol. The zero-order valence-corrected chi connectivity index (χ0v) is 18.8. The Labute approximate surface area is 193 Å². The van der Waals surface area contributed by atoms with Gasteiger partial charge in [-0.25, -0.2) is 13.1 Å². The van der Waals surface area contributed by atoms with Gasteiger partial charge in [0.2, 0.25) is 10.0 Å². The summed E-state index contributed by atoms with van der Waals surface area (Å²) in [5.41, 5.74) is 4.10. The molecule has 7 nitrogen and oxygen atoms in total. The zero-order valence-electron chi connectivity index (χ0n) is 18.0. The molecule has 0 aliphatic heterocycles. The van der Waals surface area contributed by atoms with Crippen molar-refractivity contribution in [3.05, 3.63) is 95.4 Å². The number of nitrogens with one attached hydrogen (secondary N) is 2. The minimum atomic E-state index is -3.84. The second-order valence-corrected chi connectivity index (χ2v) is 8.85. The summed E-state index contributed by atoms with van der Waals surface area (Å²) in [5, 5.41) is 3.68. The van der Waals surface area contributed by atoms with E-state index in [1.54, 1.807) is 24.3 Å². The van der Waals surface area contributed by atoms with Crippen LogP contribution in [0.15, 0.2) is 84.3 Å². The van der Waals surface area contributed by atoms with Crippen LogP contribution in [-0.2, 0) is 24.3 Å². The van der Waals surface area contributed by atoms with Crippen molar-refractivity contribution < 1.29 is 22.7 Å². The molecular formula is C25H24N2O5S. The first-order valence-corrected chi connectivity index (χ1v) is 11.7. The number of benzene rings is 3. The third kappa shape index (κ3) is 7.71. The highest BCUT2D eigenvalue weighted by molar-refractivity contribution is 7.92. The minimum Gasteiger partial charge on any atom is -0.455 e. The molecule has 8 heteroatoms. The largest absolute Gasteiger partial charge is 0.455 e. The van der Waals surface area contributed by atoms with E-state index in [1.807, 2.05) is 61.5 Å². The first kappa shape index (κ1) is 23.9. The van der Waals surface area contributed by atoms with Crippen LogP contribution in [0.4, 0.5) is 5.69 Å². The normalized spacial score (nSPS) is 11.3. The van der Waals surface area contributed by atoms with E-state index in [4.69, 9.17) is 4.74 Å². The van der Waals surface area contributed by atoms with Gasteiger partial charge >= 0.3 is 5.97 Å². The molecule has 0 bridgehead atoms. The van der Waals surface area contributed by atoms with Crippen molar-refractivity contribution in [2.75, 3.05) is 18.5 Å². The zero-order chi connectivity index (χ0) is 23.7. The standard InChI is InChI=1S/C25H24N2O5S/c1-19-11-13-20(14-12-19)15-16-33(30,31)26-17-25(29)32-18-24(28)27-23-10-6-5-9-22(23)21-7-3-2-4-8-21/h2-16,26H,17-18H2,1H3,(H,27,28). The Kier molecular flexibility index (Phi) is 8.12. The lowest BCUT2D eigenvalue weighted by atomic mass is 10.0. The van der Waals surface area contributed by atoms with E-state index in [1.165, 1.54) is 6.08 Å². The lowest BCUT2D eigenvalue weighted by Gasteiger charge is -2.11. The fourth-order valence-corrected chi connectivity index (χ4v) is 3.65. The Morgan fingerprint density at radius 2 is 1.58 bits per heavy atom. The highest BCUT2D eigenvalue weighted by atomic mass is 32.2. The molecule has 0 saturated heterocycles. The van der Waals surface area contributed by atoms with Gasteiger partial charge in [0.1, 0.15) is 6.54 Å². The Hall–Kier alpha value is -3.75. The van der Waals surface area contributed by atoms with Gasteiger partial charge in [0.25, 0.3) is 5.91 Å². The van der Waals surface area contributed by atoms with Crippen molar-refractivity contribution in [1.29, 1.82) is 0 Å². The molecule has 0 saturated carbocycles. The number of rotatable bonds is 9. The van der Waals surface area contributed by atoms with Crippen LogP contribution in [-0.4, -0.2) is 33.4 Å². The van der Waals surface area contributed by atoms with E-state index in [0.29, 0.717) is 11.3 Å². The molecule has 0 fully saturated rings. The summed E-state index contributed by atoms with van der Waals surface area (Å²) in [7, 11) is -3.84. The van der Waals surface area contributed by atoms with Crippen LogP contribution in [0.2, 0.25) is 0 Å².